The van der Waals surface area contributed by atoms with Crippen LogP contribution in [0.25, 0.3) is 0 Å². The monoisotopic (exact) mass is 246 g/mol. The zero-order valence-corrected chi connectivity index (χ0v) is 10.0. The molecule has 1 saturated heterocycles. The van der Waals surface area contributed by atoms with Gasteiger partial charge in [0.15, 0.2) is 6.29 Å². The van der Waals surface area contributed by atoms with E-state index in [-0.39, 0.29) is 5.91 Å². The molecule has 7 heteroatoms. The third kappa shape index (κ3) is 3.39. The van der Waals surface area contributed by atoms with Crippen molar-refractivity contribution in [1.29, 1.82) is 0 Å². The van der Waals surface area contributed by atoms with Crippen molar-refractivity contribution in [3.8, 4) is 0 Å². The molecule has 0 aromatic carbocycles. The van der Waals surface area contributed by atoms with Crippen LogP contribution in [0.1, 0.15) is 20.8 Å². The molecule has 1 unspecified atom stereocenters. The van der Waals surface area contributed by atoms with Crippen LogP contribution in [0, 0.1) is 0 Å². The largest absolute Gasteiger partial charge is 0.389 e. The van der Waals surface area contributed by atoms with Crippen molar-refractivity contribution < 1.29 is 24.5 Å². The number of carbonyl (C=O) groups is 2. The maximum atomic E-state index is 11.0. The van der Waals surface area contributed by atoms with Gasteiger partial charge in [-0.1, -0.05) is 0 Å². The topological polar surface area (TPSA) is 108 Å². The Balaban J connectivity index is 2.78. The van der Waals surface area contributed by atoms with Crippen LogP contribution in [-0.4, -0.2) is 52.6 Å². The first-order chi connectivity index (χ1) is 7.82. The summed E-state index contributed by atoms with van der Waals surface area (Å²) in [7, 11) is 0. The normalized spacial score (nSPS) is 37.4. The molecule has 0 radical (unpaired) electrons. The number of amides is 2. The fourth-order valence-corrected chi connectivity index (χ4v) is 1.89. The Hall–Kier alpha value is -1.18. The van der Waals surface area contributed by atoms with Crippen molar-refractivity contribution in [2.24, 2.45) is 0 Å². The molecule has 98 valence electrons. The van der Waals surface area contributed by atoms with Crippen LogP contribution in [0.4, 0.5) is 0 Å². The predicted molar refractivity (Wildman–Crippen MR) is 57.8 cm³/mol. The van der Waals surface area contributed by atoms with Gasteiger partial charge in [-0.2, -0.15) is 0 Å². The van der Waals surface area contributed by atoms with Crippen LogP contribution in [-0.2, 0) is 14.3 Å². The minimum Gasteiger partial charge on any atom is -0.389 e. The average Bonchev–Trinajstić information content (AvgIpc) is 2.18. The fraction of sp³-hybridized carbons (Fsp3) is 0.800. The van der Waals surface area contributed by atoms with Crippen molar-refractivity contribution in [2.45, 2.75) is 51.4 Å². The molecule has 0 aliphatic carbocycles. The van der Waals surface area contributed by atoms with Crippen LogP contribution in [0.5, 0.6) is 0 Å². The van der Waals surface area contributed by atoms with E-state index in [0.29, 0.717) is 0 Å². The first-order valence-electron chi connectivity index (χ1n) is 5.38. The Kier molecular flexibility index (Phi) is 4.44. The van der Waals surface area contributed by atoms with Gasteiger partial charge in [-0.3, -0.25) is 9.59 Å². The van der Waals surface area contributed by atoms with Gasteiger partial charge in [-0.15, -0.1) is 0 Å². The third-order valence-corrected chi connectivity index (χ3v) is 2.64. The Bertz CT molecular complexity index is 281. The van der Waals surface area contributed by atoms with E-state index in [1.165, 1.54) is 13.8 Å². The zero-order valence-electron chi connectivity index (χ0n) is 10.0. The van der Waals surface area contributed by atoms with E-state index in [4.69, 9.17) is 4.74 Å². The molecule has 0 aromatic rings. The number of rotatable bonds is 2. The number of nitrogens with one attached hydrogen (secondary N) is 2. The predicted octanol–water partition coefficient (Wildman–Crippen LogP) is -1.91. The van der Waals surface area contributed by atoms with Crippen molar-refractivity contribution in [3.63, 3.8) is 0 Å². The Morgan fingerprint density at radius 3 is 2.00 bits per heavy atom. The highest BCUT2D eigenvalue weighted by Gasteiger charge is 2.43. The Labute approximate surface area is 99.1 Å². The van der Waals surface area contributed by atoms with Gasteiger partial charge in [-0.25, -0.2) is 0 Å². The summed E-state index contributed by atoms with van der Waals surface area (Å²) >= 11 is 0. The summed E-state index contributed by atoms with van der Waals surface area (Å²) in [5.41, 5.74) is 0. The summed E-state index contributed by atoms with van der Waals surface area (Å²) in [6.07, 6.45) is -2.95. The van der Waals surface area contributed by atoms with Crippen LogP contribution >= 0.6 is 0 Å². The Morgan fingerprint density at radius 2 is 1.53 bits per heavy atom. The van der Waals surface area contributed by atoms with Crippen LogP contribution in [0.2, 0.25) is 0 Å². The van der Waals surface area contributed by atoms with Crippen molar-refractivity contribution in [3.05, 3.63) is 0 Å². The summed E-state index contributed by atoms with van der Waals surface area (Å²) in [5.74, 6) is -0.713. The van der Waals surface area contributed by atoms with Crippen LogP contribution < -0.4 is 10.6 Å². The molecule has 7 nitrogen and oxygen atoms in total. The molecular formula is C10H18N2O5. The third-order valence-electron chi connectivity index (χ3n) is 2.64. The second-order valence-electron chi connectivity index (χ2n) is 4.17. The lowest BCUT2D eigenvalue weighted by atomic mass is 9.95. The van der Waals surface area contributed by atoms with E-state index in [1.807, 2.05) is 0 Å². The minimum absolute atomic E-state index is 0.317. The van der Waals surface area contributed by atoms with Crippen molar-refractivity contribution in [1.82, 2.24) is 10.6 Å². The highest BCUT2D eigenvalue weighted by Crippen LogP contribution is 2.19. The van der Waals surface area contributed by atoms with E-state index >= 15 is 0 Å². The lowest BCUT2D eigenvalue weighted by molar-refractivity contribution is -0.214. The van der Waals surface area contributed by atoms with Crippen molar-refractivity contribution in [2.75, 3.05) is 0 Å². The van der Waals surface area contributed by atoms with Gasteiger partial charge in [0.2, 0.25) is 11.8 Å². The summed E-state index contributed by atoms with van der Waals surface area (Å²) in [5, 5.41) is 24.5. The molecule has 0 aromatic heterocycles. The molecule has 1 aliphatic heterocycles. The molecule has 2 amide bonds. The molecule has 1 heterocycles. The highest BCUT2D eigenvalue weighted by atomic mass is 16.6. The molecule has 0 bridgehead atoms. The fourth-order valence-electron chi connectivity index (χ4n) is 1.89. The van der Waals surface area contributed by atoms with E-state index in [9.17, 15) is 19.8 Å². The SMILES string of the molecule is CC(=O)N[C@H]1[C@H](O)[C@@H](NC(C)=O)C(O)O[C@H]1C. The summed E-state index contributed by atoms with van der Waals surface area (Å²) < 4.78 is 5.15. The maximum absolute atomic E-state index is 11.0. The van der Waals surface area contributed by atoms with E-state index < -0.39 is 36.5 Å². The zero-order chi connectivity index (χ0) is 13.2. The van der Waals surface area contributed by atoms with Gasteiger partial charge in [0.25, 0.3) is 0 Å². The maximum Gasteiger partial charge on any atom is 0.217 e. The van der Waals surface area contributed by atoms with Gasteiger partial charge in [0, 0.05) is 13.8 Å². The summed E-state index contributed by atoms with van der Waals surface area (Å²) in [4.78, 5) is 21.9. The van der Waals surface area contributed by atoms with Gasteiger partial charge in [-0.05, 0) is 6.92 Å². The number of hydrogen-bond donors (Lipinski definition) is 4. The van der Waals surface area contributed by atoms with Gasteiger partial charge >= 0.3 is 0 Å². The average molecular weight is 246 g/mol. The quantitative estimate of drug-likeness (QED) is 0.455. The van der Waals surface area contributed by atoms with Gasteiger partial charge in [0.1, 0.15) is 12.1 Å². The first-order valence-corrected chi connectivity index (χ1v) is 5.38. The van der Waals surface area contributed by atoms with Gasteiger partial charge < -0.3 is 25.6 Å². The lowest BCUT2D eigenvalue weighted by Gasteiger charge is -2.42. The van der Waals surface area contributed by atoms with Crippen molar-refractivity contribution >= 4 is 11.8 Å². The molecule has 1 rings (SSSR count). The number of hydrogen-bond acceptors (Lipinski definition) is 5. The first kappa shape index (κ1) is 13.9. The smallest absolute Gasteiger partial charge is 0.217 e. The number of carbonyl (C=O) groups excluding carboxylic acids is 2. The van der Waals surface area contributed by atoms with Gasteiger partial charge in [0.05, 0.1) is 12.1 Å². The minimum atomic E-state index is -1.30. The summed E-state index contributed by atoms with van der Waals surface area (Å²) in [6, 6.07) is -1.63. The molecule has 17 heavy (non-hydrogen) atoms. The molecule has 0 spiro atoms. The number of aliphatic hydroxyl groups is 2. The number of aliphatic hydroxyl groups excluding tert-OH is 2. The molecule has 1 aliphatic rings. The molecule has 1 fully saturated rings. The van der Waals surface area contributed by atoms with Crippen LogP contribution in [0.3, 0.4) is 0 Å². The molecule has 5 atom stereocenters. The molecule has 4 N–H and O–H groups in total. The van der Waals surface area contributed by atoms with E-state index in [2.05, 4.69) is 10.6 Å². The highest BCUT2D eigenvalue weighted by molar-refractivity contribution is 5.74. The van der Waals surface area contributed by atoms with E-state index in [1.54, 1.807) is 6.92 Å². The second kappa shape index (κ2) is 5.44. The molecule has 0 saturated carbocycles. The Morgan fingerprint density at radius 1 is 1.06 bits per heavy atom. The van der Waals surface area contributed by atoms with Crippen LogP contribution in [0.15, 0.2) is 0 Å². The summed E-state index contributed by atoms with van der Waals surface area (Å²) in [6.45, 7) is 4.21. The lowest BCUT2D eigenvalue weighted by Crippen LogP contribution is -2.66. The standard InChI is InChI=1S/C10H18N2O5/c1-4-7(11-5(2)13)9(15)8(10(16)17-4)12-6(3)14/h4,7-10,15-16H,1-3H3,(H,11,13)(H,12,14)/t4-,7+,8+,9-,10?/m0/s1. The van der Waals surface area contributed by atoms with E-state index in [0.717, 1.165) is 0 Å². The second-order valence-corrected chi connectivity index (χ2v) is 4.17. The number of ether oxygens (including phenoxy) is 1. The molecular weight excluding hydrogens is 228 g/mol.